The quantitative estimate of drug-likeness (QED) is 0.192. The van der Waals surface area contributed by atoms with Gasteiger partial charge in [-0.25, -0.2) is 9.48 Å². The number of amidine groups is 1. The van der Waals surface area contributed by atoms with Crippen LogP contribution in [0.15, 0.2) is 48.5 Å². The van der Waals surface area contributed by atoms with Crippen molar-refractivity contribution in [2.24, 2.45) is 0 Å². The van der Waals surface area contributed by atoms with Crippen molar-refractivity contribution in [3.63, 3.8) is 0 Å². The third-order valence-electron chi connectivity index (χ3n) is 6.56. The Balaban J connectivity index is 0.00000121. The molecular formula is C32H43ClF3N5O2. The second kappa shape index (κ2) is 15.9. The van der Waals surface area contributed by atoms with Crippen LogP contribution in [0.4, 0.5) is 18.0 Å². The highest BCUT2D eigenvalue weighted by molar-refractivity contribution is 6.30. The van der Waals surface area contributed by atoms with Gasteiger partial charge in [0, 0.05) is 40.4 Å². The predicted molar refractivity (Wildman–Crippen MR) is 167 cm³/mol. The largest absolute Gasteiger partial charge is 0.390 e. The van der Waals surface area contributed by atoms with Gasteiger partial charge in [0.05, 0.1) is 17.7 Å². The molecule has 11 heteroatoms. The lowest BCUT2D eigenvalue weighted by atomic mass is 9.83. The van der Waals surface area contributed by atoms with E-state index in [-0.39, 0.29) is 12.5 Å². The minimum absolute atomic E-state index is 0.117. The minimum Gasteiger partial charge on any atom is -0.390 e. The van der Waals surface area contributed by atoms with Crippen molar-refractivity contribution in [2.75, 3.05) is 6.54 Å². The summed E-state index contributed by atoms with van der Waals surface area (Å²) in [5.74, 6) is -0.329. The van der Waals surface area contributed by atoms with E-state index in [0.29, 0.717) is 35.5 Å². The zero-order chi connectivity index (χ0) is 32.4. The summed E-state index contributed by atoms with van der Waals surface area (Å²) in [6.07, 6.45) is -3.14. The highest BCUT2D eigenvalue weighted by Crippen LogP contribution is 2.36. The summed E-state index contributed by atoms with van der Waals surface area (Å²) in [6, 6.07) is 13.0. The van der Waals surface area contributed by atoms with Crippen LogP contribution in [-0.2, 0) is 19.5 Å². The topological polar surface area (TPSA) is 94.2 Å². The number of nitrogens with one attached hydrogen (secondary N) is 2. The number of amides is 2. The predicted octanol–water partition coefficient (Wildman–Crippen LogP) is 8.14. The number of aromatic nitrogens is 2. The molecule has 1 aromatic heterocycles. The summed E-state index contributed by atoms with van der Waals surface area (Å²) in [4.78, 5) is 13.9. The number of aryl methyl sites for hydroxylation is 1. The highest BCUT2D eigenvalue weighted by atomic mass is 35.5. The lowest BCUT2D eigenvalue weighted by molar-refractivity contribution is -0.135. The smallest absolute Gasteiger partial charge is 0.390 e. The van der Waals surface area contributed by atoms with Gasteiger partial charge in [-0.1, -0.05) is 87.7 Å². The van der Waals surface area contributed by atoms with Crippen LogP contribution in [0, 0.1) is 12.3 Å². The first-order valence-electron chi connectivity index (χ1n) is 14.6. The van der Waals surface area contributed by atoms with Gasteiger partial charge in [-0.3, -0.25) is 10.3 Å². The third-order valence-corrected chi connectivity index (χ3v) is 6.80. The first-order chi connectivity index (χ1) is 20.2. The number of carbonyl (C=O) groups is 1. The van der Waals surface area contributed by atoms with Crippen LogP contribution in [0.1, 0.15) is 76.3 Å². The van der Waals surface area contributed by atoms with E-state index in [0.717, 1.165) is 27.3 Å². The Hall–Kier alpha value is -3.37. The van der Waals surface area contributed by atoms with E-state index < -0.39 is 30.8 Å². The molecule has 0 fully saturated rings. The Morgan fingerprint density at radius 2 is 1.81 bits per heavy atom. The van der Waals surface area contributed by atoms with Crippen LogP contribution in [0.25, 0.3) is 11.3 Å². The minimum atomic E-state index is -4.49. The van der Waals surface area contributed by atoms with E-state index in [1.54, 1.807) is 54.1 Å². The van der Waals surface area contributed by atoms with Gasteiger partial charge in [-0.15, -0.1) is 0 Å². The van der Waals surface area contributed by atoms with Crippen LogP contribution in [0.5, 0.6) is 0 Å². The van der Waals surface area contributed by atoms with Gasteiger partial charge >= 0.3 is 12.2 Å². The van der Waals surface area contributed by atoms with Crippen molar-refractivity contribution in [2.45, 2.75) is 92.1 Å². The van der Waals surface area contributed by atoms with Crippen LogP contribution in [-0.4, -0.2) is 50.0 Å². The van der Waals surface area contributed by atoms with Gasteiger partial charge < -0.3 is 10.4 Å². The third kappa shape index (κ3) is 10.4. The zero-order valence-electron chi connectivity index (χ0n) is 25.8. The maximum atomic E-state index is 13.1. The first kappa shape index (κ1) is 35.8. The Labute approximate surface area is 257 Å². The number of urea groups is 1. The number of aliphatic hydroxyl groups is 1. The van der Waals surface area contributed by atoms with Crippen molar-refractivity contribution >= 4 is 23.5 Å². The molecule has 1 heterocycles. The molecule has 1 atom stereocenters. The molecule has 43 heavy (non-hydrogen) atoms. The number of nitrogens with zero attached hydrogens (tertiary/aromatic N) is 3. The standard InChI is InChI=1S/C27H29ClF3N5O2.C3H8.C2H6/c1-17-6-8-18(9-7-17)24(32)35(13-12-27(29,30)31)25(37)33-16-36-22-10-11-26(2,38)15-21(22)23(34-36)19-4-3-5-20(28)14-19;1-3-2;1-2/h3-9,14,32,38H,10-13,15-16H2,1-2H3,(H,33,37);3H2,1-2H3;1-2H3. The molecule has 7 nitrogen and oxygen atoms in total. The Morgan fingerprint density at radius 1 is 1.19 bits per heavy atom. The van der Waals surface area contributed by atoms with Gasteiger partial charge in [0.25, 0.3) is 0 Å². The maximum Gasteiger partial charge on any atom is 0.390 e. The van der Waals surface area contributed by atoms with E-state index in [4.69, 9.17) is 17.0 Å². The molecule has 0 saturated heterocycles. The molecule has 1 aliphatic carbocycles. The van der Waals surface area contributed by atoms with Crippen molar-refractivity contribution in [3.8, 4) is 11.3 Å². The molecule has 0 bridgehead atoms. The second-order valence-corrected chi connectivity index (χ2v) is 11.0. The normalized spacial score (nSPS) is 15.7. The van der Waals surface area contributed by atoms with Crippen molar-refractivity contribution in [1.29, 1.82) is 5.41 Å². The Morgan fingerprint density at radius 3 is 2.40 bits per heavy atom. The maximum absolute atomic E-state index is 13.1. The van der Waals surface area contributed by atoms with Gasteiger partial charge in [0.2, 0.25) is 0 Å². The molecule has 0 saturated carbocycles. The summed E-state index contributed by atoms with van der Waals surface area (Å²) in [6.45, 7) is 11.0. The van der Waals surface area contributed by atoms with Gasteiger partial charge in [-0.2, -0.15) is 18.3 Å². The molecule has 3 N–H and O–H groups in total. The lowest BCUT2D eigenvalue weighted by Crippen LogP contribution is -2.46. The number of alkyl halides is 3. The van der Waals surface area contributed by atoms with E-state index in [1.807, 2.05) is 26.8 Å². The zero-order valence-corrected chi connectivity index (χ0v) is 26.5. The van der Waals surface area contributed by atoms with Crippen molar-refractivity contribution in [3.05, 3.63) is 75.9 Å². The highest BCUT2D eigenvalue weighted by Gasteiger charge is 2.34. The Bertz CT molecular complexity index is 1350. The fourth-order valence-electron chi connectivity index (χ4n) is 4.51. The molecule has 236 valence electrons. The molecule has 0 radical (unpaired) electrons. The van der Waals surface area contributed by atoms with E-state index in [9.17, 15) is 23.1 Å². The number of hydrogen-bond acceptors (Lipinski definition) is 4. The average Bonchev–Trinajstić information content (AvgIpc) is 3.29. The second-order valence-electron chi connectivity index (χ2n) is 10.5. The number of fused-ring (bicyclic) bond motifs is 1. The van der Waals surface area contributed by atoms with Crippen LogP contribution >= 0.6 is 11.6 Å². The number of carbonyl (C=O) groups excluding carboxylic acids is 1. The number of halogens is 4. The monoisotopic (exact) mass is 621 g/mol. The van der Waals surface area contributed by atoms with Crippen LogP contribution < -0.4 is 5.32 Å². The summed E-state index contributed by atoms with van der Waals surface area (Å²) < 4.78 is 40.7. The van der Waals surface area contributed by atoms with E-state index in [2.05, 4.69) is 24.3 Å². The first-order valence-corrected chi connectivity index (χ1v) is 15.0. The van der Waals surface area contributed by atoms with Crippen LogP contribution in [0.2, 0.25) is 5.02 Å². The van der Waals surface area contributed by atoms with Gasteiger partial charge in [0.1, 0.15) is 12.5 Å². The summed E-state index contributed by atoms with van der Waals surface area (Å²) >= 11 is 6.18. The molecular weight excluding hydrogens is 579 g/mol. The molecule has 0 spiro atoms. The fourth-order valence-corrected chi connectivity index (χ4v) is 4.70. The fraction of sp³-hybridized carbons (Fsp3) is 0.469. The number of hydrogen-bond donors (Lipinski definition) is 3. The van der Waals surface area contributed by atoms with Crippen LogP contribution in [0.3, 0.4) is 0 Å². The lowest BCUT2D eigenvalue weighted by Gasteiger charge is -2.29. The molecule has 2 aromatic carbocycles. The van der Waals surface area contributed by atoms with Crippen molar-refractivity contribution < 1.29 is 23.1 Å². The summed E-state index contributed by atoms with van der Waals surface area (Å²) in [7, 11) is 0. The van der Waals surface area contributed by atoms with E-state index >= 15 is 0 Å². The van der Waals surface area contributed by atoms with Crippen molar-refractivity contribution in [1.82, 2.24) is 20.0 Å². The van der Waals surface area contributed by atoms with E-state index in [1.165, 1.54) is 6.42 Å². The average molecular weight is 622 g/mol. The molecule has 1 aliphatic rings. The Kier molecular flexibility index (Phi) is 13.3. The summed E-state index contributed by atoms with van der Waals surface area (Å²) in [5, 5.41) is 27.0. The number of rotatable bonds is 6. The SMILES string of the molecule is CC.CCC.Cc1ccc(C(=N)N(CCC(F)(F)F)C(=O)NCn2nc(-c3cccc(Cl)c3)c3c2CCC(C)(O)C3)cc1. The molecule has 4 rings (SSSR count). The van der Waals surface area contributed by atoms with Gasteiger partial charge in [-0.05, 0) is 38.8 Å². The molecule has 1 unspecified atom stereocenters. The molecule has 0 aliphatic heterocycles. The summed E-state index contributed by atoms with van der Waals surface area (Å²) in [5.41, 5.74) is 3.36. The molecule has 3 aromatic rings. The van der Waals surface area contributed by atoms with Gasteiger partial charge in [0.15, 0.2) is 0 Å². The number of benzene rings is 2. The molecule has 2 amide bonds.